The van der Waals surface area contributed by atoms with Crippen LogP contribution in [0.5, 0.6) is 23.0 Å². The van der Waals surface area contributed by atoms with Crippen LogP contribution in [0.1, 0.15) is 22.8 Å². The third kappa shape index (κ3) is 7.30. The number of nitrogens with zero attached hydrogens (tertiary/aromatic N) is 1. The van der Waals surface area contributed by atoms with Crippen LogP contribution in [0, 0.1) is 0 Å². The molecule has 0 fully saturated rings. The molecule has 0 spiro atoms. The molecule has 0 radical (unpaired) electrons. The Morgan fingerprint density at radius 1 is 0.886 bits per heavy atom. The first-order valence-corrected chi connectivity index (χ1v) is 11.9. The van der Waals surface area contributed by atoms with Gasteiger partial charge in [0.2, 0.25) is 0 Å². The average Bonchev–Trinajstić information content (AvgIpc) is 2.86. The lowest BCUT2D eigenvalue weighted by atomic mass is 10.2. The second kappa shape index (κ2) is 12.4. The van der Waals surface area contributed by atoms with Crippen LogP contribution in [0.4, 0.5) is 0 Å². The number of hydrazone groups is 1. The molecule has 182 valence electrons. The number of hydrogen-bond acceptors (Lipinski definition) is 7. The van der Waals surface area contributed by atoms with Gasteiger partial charge in [0.25, 0.3) is 5.91 Å². The van der Waals surface area contributed by atoms with Crippen molar-refractivity contribution in [2.45, 2.75) is 13.0 Å². The lowest BCUT2D eigenvalue weighted by Crippen LogP contribution is -2.33. The number of amides is 1. The maximum Gasteiger partial charge on any atom is 0.343 e. The molecule has 0 aliphatic carbocycles. The van der Waals surface area contributed by atoms with E-state index < -0.39 is 18.0 Å². The molecule has 0 saturated heterocycles. The van der Waals surface area contributed by atoms with Crippen LogP contribution in [0.2, 0.25) is 0 Å². The van der Waals surface area contributed by atoms with Crippen molar-refractivity contribution < 1.29 is 28.5 Å². The summed E-state index contributed by atoms with van der Waals surface area (Å²) in [4.78, 5) is 25.1. The minimum absolute atomic E-state index is 0.255. The van der Waals surface area contributed by atoms with E-state index in [0.29, 0.717) is 22.8 Å². The molecule has 0 aliphatic heterocycles. The zero-order chi connectivity index (χ0) is 25.4. The highest BCUT2D eigenvalue weighted by atomic mass is 79.9. The number of methoxy groups -OCH3 is 2. The highest BCUT2D eigenvalue weighted by Crippen LogP contribution is 2.29. The summed E-state index contributed by atoms with van der Waals surface area (Å²) >= 11 is 6.73. The van der Waals surface area contributed by atoms with E-state index in [0.717, 1.165) is 8.95 Å². The van der Waals surface area contributed by atoms with Crippen molar-refractivity contribution in [2.24, 2.45) is 5.10 Å². The van der Waals surface area contributed by atoms with Gasteiger partial charge in [-0.3, -0.25) is 4.79 Å². The Bertz CT molecular complexity index is 1230. The number of benzene rings is 3. The van der Waals surface area contributed by atoms with Crippen molar-refractivity contribution in [1.29, 1.82) is 0 Å². The third-order valence-electron chi connectivity index (χ3n) is 4.67. The first kappa shape index (κ1) is 26.2. The minimum Gasteiger partial charge on any atom is -0.493 e. The smallest absolute Gasteiger partial charge is 0.343 e. The van der Waals surface area contributed by atoms with Crippen molar-refractivity contribution in [3.05, 3.63) is 80.7 Å². The number of nitrogens with one attached hydrogen (secondary N) is 1. The monoisotopic (exact) mass is 604 g/mol. The second-order valence-electron chi connectivity index (χ2n) is 7.09. The van der Waals surface area contributed by atoms with Crippen molar-refractivity contribution in [1.82, 2.24) is 5.43 Å². The molecule has 1 amide bonds. The van der Waals surface area contributed by atoms with Gasteiger partial charge in [-0.15, -0.1) is 0 Å². The molecule has 35 heavy (non-hydrogen) atoms. The largest absolute Gasteiger partial charge is 0.493 e. The standard InChI is InChI=1S/C25H22Br2N2O6/c1-15(34-20-8-5-18(26)6-9-20)24(30)29-28-14-17-12-19(27)7-11-21(17)35-25(31)16-4-10-22(32-2)23(13-16)33-3/h4-15H,1-3H3,(H,29,30)/b28-14-/t15-/m1/s1. The van der Waals surface area contributed by atoms with E-state index in [4.69, 9.17) is 18.9 Å². The Labute approximate surface area is 219 Å². The zero-order valence-corrected chi connectivity index (χ0v) is 22.3. The quantitative estimate of drug-likeness (QED) is 0.153. The van der Waals surface area contributed by atoms with Gasteiger partial charge in [-0.25, -0.2) is 10.2 Å². The molecular formula is C25H22Br2N2O6. The first-order chi connectivity index (χ1) is 16.8. The van der Waals surface area contributed by atoms with Gasteiger partial charge in [0.05, 0.1) is 26.0 Å². The summed E-state index contributed by atoms with van der Waals surface area (Å²) in [6.07, 6.45) is 0.602. The normalized spacial score (nSPS) is 11.6. The van der Waals surface area contributed by atoms with Crippen LogP contribution in [0.15, 0.2) is 74.7 Å². The molecule has 0 saturated carbocycles. The average molecular weight is 606 g/mol. The van der Waals surface area contributed by atoms with Crippen molar-refractivity contribution >= 4 is 50.0 Å². The zero-order valence-electron chi connectivity index (χ0n) is 19.1. The van der Waals surface area contributed by atoms with Crippen LogP contribution in [0.3, 0.4) is 0 Å². The fourth-order valence-electron chi connectivity index (χ4n) is 2.86. The van der Waals surface area contributed by atoms with E-state index >= 15 is 0 Å². The molecule has 0 unspecified atom stereocenters. The van der Waals surface area contributed by atoms with Crippen LogP contribution in [-0.2, 0) is 4.79 Å². The maximum atomic E-state index is 12.7. The molecule has 1 atom stereocenters. The summed E-state index contributed by atoms with van der Waals surface area (Å²) in [5, 5.41) is 3.99. The fourth-order valence-corrected chi connectivity index (χ4v) is 3.51. The van der Waals surface area contributed by atoms with Gasteiger partial charge in [0.15, 0.2) is 17.6 Å². The predicted octanol–water partition coefficient (Wildman–Crippen LogP) is 5.37. The van der Waals surface area contributed by atoms with Gasteiger partial charge in [-0.2, -0.15) is 5.10 Å². The van der Waals surface area contributed by atoms with Gasteiger partial charge < -0.3 is 18.9 Å². The van der Waals surface area contributed by atoms with Gasteiger partial charge >= 0.3 is 5.97 Å². The number of ether oxygens (including phenoxy) is 4. The van der Waals surface area contributed by atoms with E-state index in [1.165, 1.54) is 26.5 Å². The Hall–Kier alpha value is -3.37. The molecule has 0 aliphatic rings. The Kier molecular flexibility index (Phi) is 9.27. The predicted molar refractivity (Wildman–Crippen MR) is 139 cm³/mol. The van der Waals surface area contributed by atoms with E-state index in [2.05, 4.69) is 42.4 Å². The van der Waals surface area contributed by atoms with E-state index in [-0.39, 0.29) is 11.3 Å². The van der Waals surface area contributed by atoms with Crippen molar-refractivity contribution in [3.8, 4) is 23.0 Å². The molecule has 0 heterocycles. The number of carbonyl (C=O) groups excluding carboxylic acids is 2. The van der Waals surface area contributed by atoms with Gasteiger partial charge in [-0.05, 0) is 67.6 Å². The van der Waals surface area contributed by atoms with Crippen molar-refractivity contribution in [2.75, 3.05) is 14.2 Å². The lowest BCUT2D eigenvalue weighted by Gasteiger charge is -2.13. The summed E-state index contributed by atoms with van der Waals surface area (Å²) in [6.45, 7) is 1.61. The second-order valence-corrected chi connectivity index (χ2v) is 8.92. The summed E-state index contributed by atoms with van der Waals surface area (Å²) in [7, 11) is 2.99. The van der Waals surface area contributed by atoms with Gasteiger partial charge in [0, 0.05) is 14.5 Å². The van der Waals surface area contributed by atoms with Crippen LogP contribution < -0.4 is 24.4 Å². The minimum atomic E-state index is -0.779. The molecule has 3 aromatic rings. The van der Waals surface area contributed by atoms with E-state index in [1.807, 2.05) is 12.1 Å². The van der Waals surface area contributed by atoms with Gasteiger partial charge in [-0.1, -0.05) is 31.9 Å². The van der Waals surface area contributed by atoms with E-state index in [9.17, 15) is 9.59 Å². The summed E-state index contributed by atoms with van der Waals surface area (Å²) in [5.41, 5.74) is 3.18. The molecule has 3 aromatic carbocycles. The Balaban J connectivity index is 1.68. The van der Waals surface area contributed by atoms with Crippen molar-refractivity contribution in [3.63, 3.8) is 0 Å². The topological polar surface area (TPSA) is 95.5 Å². The first-order valence-electron chi connectivity index (χ1n) is 10.3. The third-order valence-corrected chi connectivity index (χ3v) is 5.69. The van der Waals surface area contributed by atoms with Crippen LogP contribution in [-0.4, -0.2) is 38.4 Å². The highest BCUT2D eigenvalue weighted by Gasteiger charge is 2.16. The molecule has 0 bridgehead atoms. The van der Waals surface area contributed by atoms with E-state index in [1.54, 1.807) is 49.4 Å². The molecule has 3 rings (SSSR count). The molecule has 8 nitrogen and oxygen atoms in total. The fraction of sp³-hybridized carbons (Fsp3) is 0.160. The summed E-state index contributed by atoms with van der Waals surface area (Å²) in [6, 6.07) is 16.9. The molecular weight excluding hydrogens is 584 g/mol. The number of hydrogen-bond donors (Lipinski definition) is 1. The summed E-state index contributed by atoms with van der Waals surface area (Å²) < 4.78 is 23.3. The highest BCUT2D eigenvalue weighted by molar-refractivity contribution is 9.10. The SMILES string of the molecule is COc1ccc(C(=O)Oc2ccc(Br)cc2/C=N\NC(=O)[C@@H](C)Oc2ccc(Br)cc2)cc1OC. The molecule has 10 heteroatoms. The Morgan fingerprint density at radius 2 is 1.54 bits per heavy atom. The molecule has 1 N–H and O–H groups in total. The maximum absolute atomic E-state index is 12.7. The van der Waals surface area contributed by atoms with Crippen LogP contribution >= 0.6 is 31.9 Å². The Morgan fingerprint density at radius 3 is 2.23 bits per heavy atom. The lowest BCUT2D eigenvalue weighted by molar-refractivity contribution is -0.127. The van der Waals surface area contributed by atoms with Gasteiger partial charge in [0.1, 0.15) is 11.5 Å². The number of halogens is 2. The van der Waals surface area contributed by atoms with Crippen LogP contribution in [0.25, 0.3) is 0 Å². The summed E-state index contributed by atoms with van der Waals surface area (Å²) in [5.74, 6) is 0.671. The number of rotatable bonds is 9. The molecule has 0 aromatic heterocycles. The number of esters is 1. The number of carbonyl (C=O) groups is 2.